The molecule has 24 heavy (non-hydrogen) atoms. The van der Waals surface area contributed by atoms with E-state index in [0.29, 0.717) is 11.4 Å². The topological polar surface area (TPSA) is 90.3 Å². The zero-order chi connectivity index (χ0) is 18.1. The quantitative estimate of drug-likeness (QED) is 0.910. The Kier molecular flexibility index (Phi) is 4.70. The van der Waals surface area contributed by atoms with Crippen LogP contribution in [0.5, 0.6) is 5.75 Å². The molecule has 7 nitrogen and oxygen atoms in total. The van der Waals surface area contributed by atoms with Crippen LogP contribution in [0.2, 0.25) is 0 Å². The minimum absolute atomic E-state index is 0.00591. The Morgan fingerprint density at radius 2 is 1.92 bits per heavy atom. The number of aryl methyl sites for hydroxylation is 1. The molecule has 0 aliphatic rings. The van der Waals surface area contributed by atoms with Crippen LogP contribution in [-0.2, 0) is 10.0 Å². The Morgan fingerprint density at radius 1 is 1.25 bits per heavy atom. The Hall–Kier alpha value is -2.35. The predicted molar refractivity (Wildman–Crippen MR) is 91.0 cm³/mol. The molecule has 0 atom stereocenters. The van der Waals surface area contributed by atoms with E-state index in [1.54, 1.807) is 19.4 Å². The lowest BCUT2D eigenvalue weighted by Gasteiger charge is -2.18. The van der Waals surface area contributed by atoms with Gasteiger partial charge in [0, 0.05) is 6.20 Å². The van der Waals surface area contributed by atoms with Gasteiger partial charge in [0.2, 0.25) is 10.0 Å². The number of sulfonamides is 1. The molecule has 1 aromatic carbocycles. The van der Waals surface area contributed by atoms with Crippen LogP contribution in [0.4, 0.5) is 0 Å². The highest BCUT2D eigenvalue weighted by molar-refractivity contribution is 7.91. The smallest absolute Gasteiger partial charge is 0.285 e. The van der Waals surface area contributed by atoms with Gasteiger partial charge in [0.15, 0.2) is 5.69 Å². The molecular formula is C16H21N3O4S. The second-order valence-corrected chi connectivity index (χ2v) is 8.80. The summed E-state index contributed by atoms with van der Waals surface area (Å²) in [6.07, 6.45) is 1.58. The van der Waals surface area contributed by atoms with Gasteiger partial charge in [0.05, 0.1) is 11.9 Å². The average Bonchev–Trinajstić information content (AvgIpc) is 2.95. The lowest BCUT2D eigenvalue weighted by atomic mass is 10.2. The van der Waals surface area contributed by atoms with E-state index in [1.807, 2.05) is 23.8 Å². The largest absolute Gasteiger partial charge is 0.494 e. The van der Waals surface area contributed by atoms with Crippen molar-refractivity contribution in [1.82, 2.24) is 14.5 Å². The average molecular weight is 351 g/mol. The Bertz CT molecular complexity index is 864. The number of hydrogen-bond donors (Lipinski definition) is 1. The van der Waals surface area contributed by atoms with Gasteiger partial charge in [0.25, 0.3) is 5.91 Å². The summed E-state index contributed by atoms with van der Waals surface area (Å²) in [6.45, 7) is 6.46. The first kappa shape index (κ1) is 18.0. The molecule has 130 valence electrons. The summed E-state index contributed by atoms with van der Waals surface area (Å²) in [4.78, 5) is 12.2. The normalized spacial score (nSPS) is 12.0. The maximum atomic E-state index is 12.2. The summed E-state index contributed by atoms with van der Waals surface area (Å²) < 4.78 is 31.9. The first-order valence-electron chi connectivity index (χ1n) is 7.32. The number of carbonyl (C=O) groups excluding carboxylic acids is 1. The second kappa shape index (κ2) is 6.27. The maximum absolute atomic E-state index is 12.2. The third-order valence-corrected chi connectivity index (χ3v) is 5.50. The first-order valence-corrected chi connectivity index (χ1v) is 8.81. The number of amides is 1. The number of rotatable bonds is 4. The monoisotopic (exact) mass is 351 g/mol. The molecule has 8 heteroatoms. The molecule has 0 unspecified atom stereocenters. The van der Waals surface area contributed by atoms with Crippen molar-refractivity contribution in [3.8, 4) is 11.4 Å². The van der Waals surface area contributed by atoms with Gasteiger partial charge < -0.3 is 4.74 Å². The van der Waals surface area contributed by atoms with Gasteiger partial charge in [-0.1, -0.05) is 6.07 Å². The van der Waals surface area contributed by atoms with Crippen molar-refractivity contribution in [2.24, 2.45) is 0 Å². The highest BCUT2D eigenvalue weighted by Gasteiger charge is 2.31. The minimum atomic E-state index is -3.79. The number of carbonyl (C=O) groups is 1. The van der Waals surface area contributed by atoms with Crippen LogP contribution < -0.4 is 9.46 Å². The fourth-order valence-corrected chi connectivity index (χ4v) is 2.54. The molecule has 1 heterocycles. The van der Waals surface area contributed by atoms with Crippen LogP contribution in [0.1, 0.15) is 36.8 Å². The molecule has 0 fully saturated rings. The lowest BCUT2D eigenvalue weighted by Crippen LogP contribution is -2.42. The van der Waals surface area contributed by atoms with Crippen molar-refractivity contribution in [3.05, 3.63) is 41.7 Å². The van der Waals surface area contributed by atoms with Crippen LogP contribution in [-0.4, -0.2) is 36.0 Å². The van der Waals surface area contributed by atoms with Crippen molar-refractivity contribution in [2.45, 2.75) is 32.4 Å². The third kappa shape index (κ3) is 3.59. The molecule has 2 rings (SSSR count). The van der Waals surface area contributed by atoms with Crippen molar-refractivity contribution in [2.75, 3.05) is 7.11 Å². The molecule has 0 aliphatic heterocycles. The zero-order valence-corrected chi connectivity index (χ0v) is 15.1. The van der Waals surface area contributed by atoms with E-state index in [-0.39, 0.29) is 5.69 Å². The molecule has 1 N–H and O–H groups in total. The van der Waals surface area contributed by atoms with Gasteiger partial charge in [-0.15, -0.1) is 0 Å². The van der Waals surface area contributed by atoms with E-state index in [0.717, 1.165) is 5.56 Å². The number of hydrogen-bond acceptors (Lipinski definition) is 5. The summed E-state index contributed by atoms with van der Waals surface area (Å²) in [7, 11) is -2.25. The summed E-state index contributed by atoms with van der Waals surface area (Å²) in [5, 5.41) is 4.16. The van der Waals surface area contributed by atoms with E-state index in [2.05, 4.69) is 5.10 Å². The van der Waals surface area contributed by atoms with Gasteiger partial charge in [-0.05, 0) is 51.5 Å². The van der Waals surface area contributed by atoms with E-state index in [4.69, 9.17) is 4.74 Å². The van der Waals surface area contributed by atoms with Gasteiger partial charge in [-0.25, -0.2) is 17.8 Å². The third-order valence-electron chi connectivity index (χ3n) is 3.44. The molecule has 0 bridgehead atoms. The van der Waals surface area contributed by atoms with Crippen LogP contribution in [0.15, 0.2) is 30.5 Å². The SMILES string of the molecule is COc1ccc(C)cc1-n1ccc(C(=O)NS(=O)(=O)C(C)(C)C)n1. The van der Waals surface area contributed by atoms with Crippen LogP contribution in [0.25, 0.3) is 5.69 Å². The molecule has 1 aromatic heterocycles. The number of benzene rings is 1. The van der Waals surface area contributed by atoms with E-state index in [1.165, 1.54) is 31.5 Å². The highest BCUT2D eigenvalue weighted by Crippen LogP contribution is 2.23. The number of methoxy groups -OCH3 is 1. The molecule has 2 aromatic rings. The van der Waals surface area contributed by atoms with Gasteiger partial charge >= 0.3 is 0 Å². The van der Waals surface area contributed by atoms with Crippen LogP contribution >= 0.6 is 0 Å². The zero-order valence-electron chi connectivity index (χ0n) is 14.3. The summed E-state index contributed by atoms with van der Waals surface area (Å²) >= 11 is 0. The van der Waals surface area contributed by atoms with E-state index >= 15 is 0 Å². The molecule has 0 spiro atoms. The van der Waals surface area contributed by atoms with Gasteiger partial charge in [0.1, 0.15) is 11.4 Å². The number of aromatic nitrogens is 2. The van der Waals surface area contributed by atoms with Crippen LogP contribution in [0.3, 0.4) is 0 Å². The molecule has 0 saturated carbocycles. The first-order chi connectivity index (χ1) is 11.0. The molecule has 0 radical (unpaired) electrons. The van der Waals surface area contributed by atoms with Crippen molar-refractivity contribution in [3.63, 3.8) is 0 Å². The Labute approximate surface area is 141 Å². The maximum Gasteiger partial charge on any atom is 0.285 e. The Balaban J connectivity index is 2.32. The standard InChI is InChI=1S/C16H21N3O4S/c1-11-6-7-14(23-5)13(10-11)19-9-8-12(17-19)15(20)18-24(21,22)16(2,3)4/h6-10H,1-5H3,(H,18,20). The van der Waals surface area contributed by atoms with Gasteiger partial charge in [-0.3, -0.25) is 4.79 Å². The van der Waals surface area contributed by atoms with E-state index < -0.39 is 20.7 Å². The fraction of sp³-hybridized carbons (Fsp3) is 0.375. The summed E-state index contributed by atoms with van der Waals surface area (Å²) in [5.74, 6) is -0.173. The van der Waals surface area contributed by atoms with Crippen molar-refractivity contribution < 1.29 is 17.9 Å². The highest BCUT2D eigenvalue weighted by atomic mass is 32.2. The lowest BCUT2D eigenvalue weighted by molar-refractivity contribution is 0.0975. The summed E-state index contributed by atoms with van der Waals surface area (Å²) in [6, 6.07) is 7.01. The number of nitrogens with zero attached hydrogens (tertiary/aromatic N) is 2. The fourth-order valence-electron chi connectivity index (χ4n) is 1.89. The van der Waals surface area contributed by atoms with Crippen LogP contribution in [0, 0.1) is 6.92 Å². The molecule has 1 amide bonds. The van der Waals surface area contributed by atoms with E-state index in [9.17, 15) is 13.2 Å². The summed E-state index contributed by atoms with van der Waals surface area (Å²) in [5.41, 5.74) is 1.67. The molecule has 0 aliphatic carbocycles. The Morgan fingerprint density at radius 3 is 2.50 bits per heavy atom. The number of ether oxygens (including phenoxy) is 1. The van der Waals surface area contributed by atoms with Gasteiger partial charge in [-0.2, -0.15) is 5.10 Å². The molecular weight excluding hydrogens is 330 g/mol. The predicted octanol–water partition coefficient (Wildman–Crippen LogP) is 2.05. The minimum Gasteiger partial charge on any atom is -0.494 e. The number of nitrogens with one attached hydrogen (secondary N) is 1. The van der Waals surface area contributed by atoms with Crippen molar-refractivity contribution >= 4 is 15.9 Å². The second-order valence-electron chi connectivity index (χ2n) is 6.37. The molecule has 0 saturated heterocycles. The van der Waals surface area contributed by atoms with Crippen molar-refractivity contribution in [1.29, 1.82) is 0 Å².